The number of aldehydes is 1. The van der Waals surface area contributed by atoms with Crippen LogP contribution in [0.2, 0.25) is 0 Å². The number of ketones is 1. The van der Waals surface area contributed by atoms with Crippen LogP contribution in [0, 0.1) is 11.8 Å². The topological polar surface area (TPSA) is 52.6 Å². The van der Waals surface area contributed by atoms with E-state index in [4.69, 9.17) is 9.47 Å². The van der Waals surface area contributed by atoms with Crippen LogP contribution in [0.5, 0.6) is 0 Å². The summed E-state index contributed by atoms with van der Waals surface area (Å²) in [6, 6.07) is 0. The van der Waals surface area contributed by atoms with Crippen molar-refractivity contribution in [2.45, 2.75) is 111 Å². The van der Waals surface area contributed by atoms with Gasteiger partial charge in [-0.25, -0.2) is 0 Å². The van der Waals surface area contributed by atoms with Gasteiger partial charge in [0.25, 0.3) is 0 Å². The first-order valence-electron chi connectivity index (χ1n) is 12.6. The highest BCUT2D eigenvalue weighted by molar-refractivity contribution is 5.93. The fraction of sp³-hybridized carbons (Fsp3) is 0.786. The molecule has 0 aliphatic heterocycles. The molecule has 0 heterocycles. The Balaban J connectivity index is 0. The molecule has 0 aromatic carbocycles. The summed E-state index contributed by atoms with van der Waals surface area (Å²) >= 11 is 0. The third-order valence-corrected chi connectivity index (χ3v) is 5.93. The first-order chi connectivity index (χ1) is 15.3. The van der Waals surface area contributed by atoms with E-state index in [1.165, 1.54) is 50.5 Å². The molecule has 0 amide bonds. The molecule has 188 valence electrons. The standard InChI is InChI=1S/C11H18O.C9H20O2.C8H14O/c1-9(2)11-7-5-3-4-6-10(11)8-12;1-4-5-6-7-9(11-3)8-10-2;1-4-5-6-8(9)7(2)3/h8,10-11H,1,3-7H2,2H3;9H,4-8H2,1-3H3;2,4-6H2,1,3H3. The molecule has 1 fully saturated rings. The molecule has 3 unspecified atom stereocenters. The Labute approximate surface area is 199 Å². The molecule has 0 saturated heterocycles. The van der Waals surface area contributed by atoms with Crippen LogP contribution >= 0.6 is 0 Å². The number of hydrogen-bond donors (Lipinski definition) is 0. The molecule has 0 N–H and O–H groups in total. The lowest BCUT2D eigenvalue weighted by Crippen LogP contribution is -2.16. The molecule has 4 nitrogen and oxygen atoms in total. The van der Waals surface area contributed by atoms with Gasteiger partial charge in [0.05, 0.1) is 12.7 Å². The van der Waals surface area contributed by atoms with Gasteiger partial charge in [-0.3, -0.25) is 4.79 Å². The van der Waals surface area contributed by atoms with Crippen molar-refractivity contribution in [1.29, 1.82) is 0 Å². The van der Waals surface area contributed by atoms with Crippen LogP contribution in [0.15, 0.2) is 24.3 Å². The molecule has 0 aromatic rings. The van der Waals surface area contributed by atoms with Crippen LogP contribution in [0.1, 0.15) is 105 Å². The number of allylic oxidation sites excluding steroid dienone is 2. The van der Waals surface area contributed by atoms with E-state index in [0.717, 1.165) is 38.6 Å². The van der Waals surface area contributed by atoms with Gasteiger partial charge in [-0.15, -0.1) is 0 Å². The minimum absolute atomic E-state index is 0.205. The van der Waals surface area contributed by atoms with Gasteiger partial charge in [0.2, 0.25) is 0 Å². The molecule has 4 heteroatoms. The van der Waals surface area contributed by atoms with Gasteiger partial charge >= 0.3 is 0 Å². The van der Waals surface area contributed by atoms with Crippen LogP contribution in [0.4, 0.5) is 0 Å². The van der Waals surface area contributed by atoms with Crippen molar-refractivity contribution < 1.29 is 19.1 Å². The molecule has 3 atom stereocenters. The van der Waals surface area contributed by atoms with Crippen LogP contribution < -0.4 is 0 Å². The normalized spacial score (nSPS) is 18.7. The van der Waals surface area contributed by atoms with Crippen molar-refractivity contribution in [3.8, 4) is 0 Å². The zero-order valence-electron chi connectivity index (χ0n) is 22.0. The second kappa shape index (κ2) is 22.9. The molecule has 0 radical (unpaired) electrons. The highest BCUT2D eigenvalue weighted by atomic mass is 16.5. The van der Waals surface area contributed by atoms with Crippen molar-refractivity contribution in [2.24, 2.45) is 11.8 Å². The zero-order chi connectivity index (χ0) is 24.8. The summed E-state index contributed by atoms with van der Waals surface area (Å²) in [6.45, 7) is 16.3. The minimum Gasteiger partial charge on any atom is -0.382 e. The van der Waals surface area contributed by atoms with Crippen LogP contribution in [0.25, 0.3) is 0 Å². The first kappa shape index (κ1) is 32.9. The van der Waals surface area contributed by atoms with Gasteiger partial charge in [-0.1, -0.05) is 77.5 Å². The Morgan fingerprint density at radius 3 is 2.09 bits per heavy atom. The SMILES string of the molecule is C=C(C)C(=O)CCCC.C=C(C)C1CCCCCC1C=O.CCCCCC(COC)OC. The lowest BCUT2D eigenvalue weighted by molar-refractivity contribution is -0.115. The number of unbranched alkanes of at least 4 members (excludes halogenated alkanes) is 3. The van der Waals surface area contributed by atoms with E-state index >= 15 is 0 Å². The maximum atomic E-state index is 10.8. The molecule has 1 saturated carbocycles. The summed E-state index contributed by atoms with van der Waals surface area (Å²) in [6.07, 6.45) is 15.1. The third-order valence-electron chi connectivity index (χ3n) is 5.93. The molecule has 1 rings (SSSR count). The van der Waals surface area contributed by atoms with E-state index in [-0.39, 0.29) is 11.7 Å². The summed E-state index contributed by atoms with van der Waals surface area (Å²) < 4.78 is 10.2. The molecule has 0 spiro atoms. The minimum atomic E-state index is 0.205. The van der Waals surface area contributed by atoms with Gasteiger partial charge < -0.3 is 14.3 Å². The molecule has 0 bridgehead atoms. The Bertz CT molecular complexity index is 498. The Morgan fingerprint density at radius 1 is 1.00 bits per heavy atom. The van der Waals surface area contributed by atoms with Crippen LogP contribution in [0.3, 0.4) is 0 Å². The quantitative estimate of drug-likeness (QED) is 0.0954. The number of ether oxygens (including phenoxy) is 2. The fourth-order valence-corrected chi connectivity index (χ4v) is 3.74. The van der Waals surface area contributed by atoms with E-state index in [0.29, 0.717) is 24.0 Å². The van der Waals surface area contributed by atoms with Gasteiger partial charge in [-0.05, 0) is 51.0 Å². The predicted molar refractivity (Wildman–Crippen MR) is 137 cm³/mol. The van der Waals surface area contributed by atoms with E-state index in [1.807, 2.05) is 6.92 Å². The van der Waals surface area contributed by atoms with Crippen molar-refractivity contribution in [3.63, 3.8) is 0 Å². The van der Waals surface area contributed by atoms with E-state index in [9.17, 15) is 9.59 Å². The highest BCUT2D eigenvalue weighted by Gasteiger charge is 2.23. The summed E-state index contributed by atoms with van der Waals surface area (Å²) in [5.74, 6) is 0.923. The monoisotopic (exact) mass is 452 g/mol. The van der Waals surface area contributed by atoms with Crippen LogP contribution in [-0.4, -0.2) is 39.0 Å². The maximum absolute atomic E-state index is 10.8. The first-order valence-corrected chi connectivity index (χ1v) is 12.6. The average molecular weight is 453 g/mol. The number of carbonyl (C=O) groups excluding carboxylic acids is 2. The molecular weight excluding hydrogens is 400 g/mol. The zero-order valence-corrected chi connectivity index (χ0v) is 22.0. The van der Waals surface area contributed by atoms with Crippen molar-refractivity contribution in [3.05, 3.63) is 24.3 Å². The van der Waals surface area contributed by atoms with Gasteiger partial charge in [0.15, 0.2) is 5.78 Å². The van der Waals surface area contributed by atoms with Gasteiger partial charge in [-0.2, -0.15) is 0 Å². The predicted octanol–water partition coefficient (Wildman–Crippen LogP) is 7.51. The number of methoxy groups -OCH3 is 2. The number of Topliss-reactive ketones (excluding diaryl/α,β-unsaturated/α-hetero) is 1. The lowest BCUT2D eigenvalue weighted by Gasteiger charge is -2.19. The Morgan fingerprint density at radius 2 is 1.62 bits per heavy atom. The second-order valence-electron chi connectivity index (χ2n) is 9.01. The summed E-state index contributed by atoms with van der Waals surface area (Å²) in [5, 5.41) is 0. The largest absolute Gasteiger partial charge is 0.382 e. The van der Waals surface area contributed by atoms with Gasteiger partial charge in [0.1, 0.15) is 6.29 Å². The molecule has 0 aromatic heterocycles. The molecular formula is C28H52O4. The smallest absolute Gasteiger partial charge is 0.157 e. The van der Waals surface area contributed by atoms with E-state index in [2.05, 4.69) is 27.0 Å². The number of rotatable bonds is 13. The maximum Gasteiger partial charge on any atom is 0.157 e. The summed E-state index contributed by atoms with van der Waals surface area (Å²) in [5.41, 5.74) is 1.87. The number of carbonyl (C=O) groups is 2. The lowest BCUT2D eigenvalue weighted by atomic mass is 9.84. The van der Waals surface area contributed by atoms with E-state index < -0.39 is 0 Å². The fourth-order valence-electron chi connectivity index (χ4n) is 3.74. The molecule has 1 aliphatic rings. The second-order valence-corrected chi connectivity index (χ2v) is 9.01. The number of hydrogen-bond acceptors (Lipinski definition) is 4. The Hall–Kier alpha value is -1.26. The van der Waals surface area contributed by atoms with Crippen molar-refractivity contribution in [2.75, 3.05) is 20.8 Å². The molecule has 1 aliphatic carbocycles. The van der Waals surface area contributed by atoms with Crippen molar-refractivity contribution in [1.82, 2.24) is 0 Å². The van der Waals surface area contributed by atoms with Crippen molar-refractivity contribution >= 4 is 12.1 Å². The third kappa shape index (κ3) is 18.3. The Kier molecular flexibility index (Phi) is 23.6. The van der Waals surface area contributed by atoms with Crippen LogP contribution in [-0.2, 0) is 19.1 Å². The highest BCUT2D eigenvalue weighted by Crippen LogP contribution is 2.31. The average Bonchev–Trinajstić information content (AvgIpc) is 3.03. The van der Waals surface area contributed by atoms with E-state index in [1.54, 1.807) is 21.1 Å². The summed E-state index contributed by atoms with van der Waals surface area (Å²) in [7, 11) is 3.46. The molecule has 32 heavy (non-hydrogen) atoms. The van der Waals surface area contributed by atoms with Gasteiger partial charge in [0, 0.05) is 26.6 Å². The summed E-state index contributed by atoms with van der Waals surface area (Å²) in [4.78, 5) is 21.6.